The van der Waals surface area contributed by atoms with Crippen LogP contribution in [-0.2, 0) is 11.3 Å². The summed E-state index contributed by atoms with van der Waals surface area (Å²) in [7, 11) is 1.68. The van der Waals surface area contributed by atoms with E-state index in [1.807, 2.05) is 24.3 Å². The molecule has 1 heterocycles. The highest BCUT2D eigenvalue weighted by Crippen LogP contribution is 2.26. The summed E-state index contributed by atoms with van der Waals surface area (Å²) in [5, 5.41) is 3.82. The Bertz CT molecular complexity index is 548. The van der Waals surface area contributed by atoms with Gasteiger partial charge in [0.05, 0.1) is 16.1 Å². The SMILES string of the molecule is COCc1cccc(Nc2ncc(Cl)cc2Br)c1. The average Bonchev–Trinajstić information content (AvgIpc) is 2.34. The van der Waals surface area contributed by atoms with E-state index in [0.717, 1.165) is 21.5 Å². The Morgan fingerprint density at radius 1 is 1.39 bits per heavy atom. The van der Waals surface area contributed by atoms with E-state index in [9.17, 15) is 0 Å². The second kappa shape index (κ2) is 6.18. The molecule has 0 fully saturated rings. The number of anilines is 2. The van der Waals surface area contributed by atoms with Crippen molar-refractivity contribution in [3.05, 3.63) is 51.6 Å². The fraction of sp³-hybridized carbons (Fsp3) is 0.154. The molecular formula is C13H12BrClN2O. The minimum Gasteiger partial charge on any atom is -0.380 e. The van der Waals surface area contributed by atoms with Crippen LogP contribution in [0.5, 0.6) is 0 Å². The number of nitrogens with one attached hydrogen (secondary N) is 1. The van der Waals surface area contributed by atoms with E-state index in [2.05, 4.69) is 26.2 Å². The van der Waals surface area contributed by atoms with Crippen molar-refractivity contribution in [2.24, 2.45) is 0 Å². The standard InChI is InChI=1S/C13H12BrClN2O/c1-18-8-9-3-2-4-11(5-9)17-13-12(14)6-10(15)7-16-13/h2-7H,8H2,1H3,(H,16,17). The maximum absolute atomic E-state index is 5.85. The van der Waals surface area contributed by atoms with Crippen molar-refractivity contribution in [3.8, 4) is 0 Å². The van der Waals surface area contributed by atoms with Gasteiger partial charge in [-0.15, -0.1) is 0 Å². The third-order valence-electron chi connectivity index (χ3n) is 2.31. The van der Waals surface area contributed by atoms with E-state index in [1.54, 1.807) is 19.4 Å². The predicted octanol–water partition coefficient (Wildman–Crippen LogP) is 4.39. The molecule has 0 spiro atoms. The maximum atomic E-state index is 5.85. The monoisotopic (exact) mass is 326 g/mol. The highest BCUT2D eigenvalue weighted by atomic mass is 79.9. The molecule has 5 heteroatoms. The summed E-state index contributed by atoms with van der Waals surface area (Å²) in [4.78, 5) is 4.23. The normalized spacial score (nSPS) is 10.4. The first-order chi connectivity index (χ1) is 8.69. The van der Waals surface area contributed by atoms with Gasteiger partial charge in [-0.05, 0) is 39.7 Å². The summed E-state index contributed by atoms with van der Waals surface area (Å²) in [5.41, 5.74) is 2.06. The lowest BCUT2D eigenvalue weighted by Gasteiger charge is -2.09. The maximum Gasteiger partial charge on any atom is 0.144 e. The van der Waals surface area contributed by atoms with Gasteiger partial charge in [-0.3, -0.25) is 0 Å². The van der Waals surface area contributed by atoms with E-state index >= 15 is 0 Å². The van der Waals surface area contributed by atoms with Gasteiger partial charge < -0.3 is 10.1 Å². The van der Waals surface area contributed by atoms with E-state index in [0.29, 0.717) is 11.6 Å². The third-order valence-corrected chi connectivity index (χ3v) is 3.12. The van der Waals surface area contributed by atoms with Crippen LogP contribution in [0.15, 0.2) is 41.0 Å². The average molecular weight is 328 g/mol. The minimum absolute atomic E-state index is 0.588. The molecule has 0 aliphatic carbocycles. The van der Waals surface area contributed by atoms with Crippen LogP contribution < -0.4 is 5.32 Å². The molecule has 18 heavy (non-hydrogen) atoms. The molecule has 0 amide bonds. The Morgan fingerprint density at radius 2 is 2.22 bits per heavy atom. The number of hydrogen-bond donors (Lipinski definition) is 1. The number of methoxy groups -OCH3 is 1. The van der Waals surface area contributed by atoms with E-state index in [1.165, 1.54) is 0 Å². The molecule has 0 saturated heterocycles. The van der Waals surface area contributed by atoms with Crippen LogP contribution in [0, 0.1) is 0 Å². The summed E-state index contributed by atoms with van der Waals surface area (Å²) in [6.07, 6.45) is 1.60. The lowest BCUT2D eigenvalue weighted by atomic mass is 10.2. The molecule has 0 bridgehead atoms. The van der Waals surface area contributed by atoms with Crippen LogP contribution in [0.25, 0.3) is 0 Å². The number of hydrogen-bond acceptors (Lipinski definition) is 3. The van der Waals surface area contributed by atoms with Gasteiger partial charge in [-0.1, -0.05) is 23.7 Å². The van der Waals surface area contributed by atoms with Crippen molar-refractivity contribution in [2.75, 3.05) is 12.4 Å². The number of rotatable bonds is 4. The smallest absolute Gasteiger partial charge is 0.144 e. The van der Waals surface area contributed by atoms with Crippen LogP contribution in [0.1, 0.15) is 5.56 Å². The van der Waals surface area contributed by atoms with Crippen LogP contribution in [0.2, 0.25) is 5.02 Å². The minimum atomic E-state index is 0.588. The molecule has 0 aliphatic rings. The molecule has 2 aromatic rings. The van der Waals surface area contributed by atoms with Gasteiger partial charge in [-0.25, -0.2) is 4.98 Å². The second-order valence-corrected chi connectivity index (χ2v) is 5.03. The van der Waals surface area contributed by atoms with E-state index in [-0.39, 0.29) is 0 Å². The highest BCUT2D eigenvalue weighted by molar-refractivity contribution is 9.10. The number of aromatic nitrogens is 1. The number of halogens is 2. The molecule has 1 aromatic heterocycles. The summed E-state index contributed by atoms with van der Waals surface area (Å²) in [6, 6.07) is 9.78. The van der Waals surface area contributed by atoms with Gasteiger partial charge in [0.15, 0.2) is 0 Å². The largest absolute Gasteiger partial charge is 0.380 e. The Kier molecular flexibility index (Phi) is 4.58. The first-order valence-corrected chi connectivity index (χ1v) is 6.52. The first-order valence-electron chi connectivity index (χ1n) is 5.35. The van der Waals surface area contributed by atoms with Crippen LogP contribution >= 0.6 is 27.5 Å². The molecule has 0 atom stereocenters. The second-order valence-electron chi connectivity index (χ2n) is 3.74. The van der Waals surface area contributed by atoms with Crippen molar-refractivity contribution < 1.29 is 4.74 Å². The van der Waals surface area contributed by atoms with Gasteiger partial charge in [-0.2, -0.15) is 0 Å². The molecule has 0 saturated carbocycles. The molecule has 0 aliphatic heterocycles. The number of benzene rings is 1. The quantitative estimate of drug-likeness (QED) is 0.904. The van der Waals surface area contributed by atoms with Crippen molar-refractivity contribution in [1.82, 2.24) is 4.98 Å². The van der Waals surface area contributed by atoms with Crippen molar-refractivity contribution in [3.63, 3.8) is 0 Å². The van der Waals surface area contributed by atoms with Crippen molar-refractivity contribution in [2.45, 2.75) is 6.61 Å². The summed E-state index contributed by atoms with van der Waals surface area (Å²) in [6.45, 7) is 0.588. The number of ether oxygens (including phenoxy) is 1. The molecule has 3 nitrogen and oxygen atoms in total. The van der Waals surface area contributed by atoms with Gasteiger partial charge in [0.25, 0.3) is 0 Å². The summed E-state index contributed by atoms with van der Waals surface area (Å²) in [5.74, 6) is 0.731. The topological polar surface area (TPSA) is 34.1 Å². The van der Waals surface area contributed by atoms with E-state index in [4.69, 9.17) is 16.3 Å². The predicted molar refractivity (Wildman–Crippen MR) is 77.4 cm³/mol. The Labute approximate surface area is 119 Å². The number of pyridine rings is 1. The fourth-order valence-electron chi connectivity index (χ4n) is 1.55. The van der Waals surface area contributed by atoms with E-state index < -0.39 is 0 Å². The fourth-order valence-corrected chi connectivity index (χ4v) is 2.29. The molecule has 0 unspecified atom stereocenters. The summed E-state index contributed by atoms with van der Waals surface area (Å²) >= 11 is 9.27. The molecule has 94 valence electrons. The van der Waals surface area contributed by atoms with Gasteiger partial charge in [0, 0.05) is 19.0 Å². The molecule has 2 rings (SSSR count). The van der Waals surface area contributed by atoms with Gasteiger partial charge in [0.1, 0.15) is 5.82 Å². The Balaban J connectivity index is 2.20. The Hall–Kier alpha value is -1.10. The lowest BCUT2D eigenvalue weighted by Crippen LogP contribution is -1.96. The van der Waals surface area contributed by atoms with Crippen LogP contribution in [-0.4, -0.2) is 12.1 Å². The van der Waals surface area contributed by atoms with Gasteiger partial charge >= 0.3 is 0 Å². The third kappa shape index (κ3) is 3.45. The van der Waals surface area contributed by atoms with Crippen LogP contribution in [0.4, 0.5) is 11.5 Å². The van der Waals surface area contributed by atoms with Crippen molar-refractivity contribution >= 4 is 39.0 Å². The number of nitrogens with zero attached hydrogens (tertiary/aromatic N) is 1. The summed E-state index contributed by atoms with van der Waals surface area (Å²) < 4.78 is 5.93. The zero-order chi connectivity index (χ0) is 13.0. The zero-order valence-corrected chi connectivity index (χ0v) is 12.1. The molecule has 0 radical (unpaired) electrons. The molecular weight excluding hydrogens is 316 g/mol. The molecule has 1 N–H and O–H groups in total. The lowest BCUT2D eigenvalue weighted by molar-refractivity contribution is 0.185. The zero-order valence-electron chi connectivity index (χ0n) is 9.78. The first kappa shape index (κ1) is 13.3. The molecule has 1 aromatic carbocycles. The van der Waals surface area contributed by atoms with Gasteiger partial charge in [0.2, 0.25) is 0 Å². The van der Waals surface area contributed by atoms with Crippen molar-refractivity contribution in [1.29, 1.82) is 0 Å². The highest BCUT2D eigenvalue weighted by Gasteiger charge is 2.03. The van der Waals surface area contributed by atoms with Crippen LogP contribution in [0.3, 0.4) is 0 Å². The Morgan fingerprint density at radius 3 is 2.94 bits per heavy atom.